The third kappa shape index (κ3) is 50.5. The molecule has 0 spiro atoms. The molecule has 0 saturated heterocycles. The van der Waals surface area contributed by atoms with E-state index in [-0.39, 0.29) is 25.2 Å². The number of rotatable bonds is 50. The quantitative estimate of drug-likeness (QED) is 0.0346. The molecule has 0 aromatic rings. The summed E-state index contributed by atoms with van der Waals surface area (Å²) < 4.78 is 17.4. The molecule has 1 atom stereocenters. The number of carbonyl (C=O) groups excluding carboxylic acids is 2. The molecule has 0 amide bonds. The lowest BCUT2D eigenvalue weighted by atomic mass is 10.1. The van der Waals surface area contributed by atoms with Crippen molar-refractivity contribution < 1.29 is 23.8 Å². The lowest BCUT2D eigenvalue weighted by Crippen LogP contribution is -2.30. The second kappa shape index (κ2) is 53.2. The standard InChI is InChI=1S/C57H104O5/c1-4-7-10-13-16-19-21-23-25-27-29-30-32-34-36-39-41-44-47-50-56(58)61-54-55(62-57(59)51-48-45-42-38-18-15-12-9-6-3)53-60-52-49-46-43-40-37-35-33-31-28-26-24-22-20-17-14-11-8-5-2/h16,19,23-26,29-30,55H,4-15,17-18,20-22,27-28,31-54H2,1-3H3/b19-16-,25-23-,26-24-,30-29-. The maximum atomic E-state index is 12.7. The van der Waals surface area contributed by atoms with Gasteiger partial charge in [0, 0.05) is 19.4 Å². The summed E-state index contributed by atoms with van der Waals surface area (Å²) >= 11 is 0. The van der Waals surface area contributed by atoms with Gasteiger partial charge >= 0.3 is 11.9 Å². The molecule has 0 heterocycles. The van der Waals surface area contributed by atoms with Crippen LogP contribution in [0.5, 0.6) is 0 Å². The largest absolute Gasteiger partial charge is 0.462 e. The molecule has 362 valence electrons. The van der Waals surface area contributed by atoms with E-state index in [0.717, 1.165) is 64.2 Å². The molecule has 0 aromatic heterocycles. The Morgan fingerprint density at radius 3 is 1.13 bits per heavy atom. The van der Waals surface area contributed by atoms with E-state index in [2.05, 4.69) is 69.4 Å². The molecule has 0 aliphatic rings. The lowest BCUT2D eigenvalue weighted by molar-refractivity contribution is -0.163. The molecule has 1 unspecified atom stereocenters. The zero-order chi connectivity index (χ0) is 44.9. The molecule has 0 saturated carbocycles. The predicted molar refractivity (Wildman–Crippen MR) is 270 cm³/mol. The average molecular weight is 869 g/mol. The van der Waals surface area contributed by atoms with E-state index in [0.29, 0.717) is 19.4 Å². The second-order valence-corrected chi connectivity index (χ2v) is 18.1. The summed E-state index contributed by atoms with van der Waals surface area (Å²) in [4.78, 5) is 25.4. The van der Waals surface area contributed by atoms with Crippen LogP contribution in [0.25, 0.3) is 0 Å². The van der Waals surface area contributed by atoms with E-state index in [1.807, 2.05) is 0 Å². The molecule has 0 aromatic carbocycles. The van der Waals surface area contributed by atoms with Crippen molar-refractivity contribution in [3.63, 3.8) is 0 Å². The number of carbonyl (C=O) groups is 2. The number of hydrogen-bond donors (Lipinski definition) is 0. The van der Waals surface area contributed by atoms with E-state index in [1.165, 1.54) is 180 Å². The summed E-state index contributed by atoms with van der Waals surface area (Å²) in [7, 11) is 0. The Balaban J connectivity index is 4.18. The van der Waals surface area contributed by atoms with Gasteiger partial charge in [0.2, 0.25) is 0 Å². The van der Waals surface area contributed by atoms with Crippen LogP contribution in [0.15, 0.2) is 48.6 Å². The van der Waals surface area contributed by atoms with Crippen LogP contribution in [0.2, 0.25) is 0 Å². The molecule has 5 nitrogen and oxygen atoms in total. The van der Waals surface area contributed by atoms with Crippen LogP contribution in [0.4, 0.5) is 0 Å². The van der Waals surface area contributed by atoms with Crippen LogP contribution in [-0.2, 0) is 23.8 Å². The fraction of sp³-hybridized carbons (Fsp3) is 0.825. The highest BCUT2D eigenvalue weighted by Gasteiger charge is 2.17. The third-order valence-electron chi connectivity index (χ3n) is 11.8. The zero-order valence-corrected chi connectivity index (χ0v) is 41.6. The Hall–Kier alpha value is -2.14. The summed E-state index contributed by atoms with van der Waals surface area (Å²) in [6.45, 7) is 7.80. The first kappa shape index (κ1) is 59.9. The Morgan fingerprint density at radius 2 is 0.677 bits per heavy atom. The minimum atomic E-state index is -0.539. The molecule has 0 aliphatic carbocycles. The number of allylic oxidation sites excluding steroid dienone is 8. The predicted octanol–water partition coefficient (Wildman–Crippen LogP) is 18.3. The van der Waals surface area contributed by atoms with Crippen molar-refractivity contribution in [1.29, 1.82) is 0 Å². The SMILES string of the molecule is CCCCC/C=C\C/C=C\C/C=C\CCCCCCCCC(=O)OCC(COCCCCCCCCCC/C=C\CCCCCCCC)OC(=O)CCCCCCCCCCC. The van der Waals surface area contributed by atoms with Crippen molar-refractivity contribution in [2.24, 2.45) is 0 Å². The van der Waals surface area contributed by atoms with Crippen molar-refractivity contribution in [3.05, 3.63) is 48.6 Å². The molecule has 5 heteroatoms. The monoisotopic (exact) mass is 869 g/mol. The lowest BCUT2D eigenvalue weighted by Gasteiger charge is -2.18. The van der Waals surface area contributed by atoms with Gasteiger partial charge < -0.3 is 14.2 Å². The summed E-state index contributed by atoms with van der Waals surface area (Å²) in [6, 6.07) is 0. The van der Waals surface area contributed by atoms with Gasteiger partial charge in [0.15, 0.2) is 6.10 Å². The normalized spacial score (nSPS) is 12.5. The van der Waals surface area contributed by atoms with Gasteiger partial charge in [0.25, 0.3) is 0 Å². The van der Waals surface area contributed by atoms with E-state index in [1.54, 1.807) is 0 Å². The summed E-state index contributed by atoms with van der Waals surface area (Å²) in [6.07, 6.45) is 65.5. The smallest absolute Gasteiger partial charge is 0.306 e. The first-order chi connectivity index (χ1) is 30.6. The van der Waals surface area contributed by atoms with Crippen molar-refractivity contribution >= 4 is 11.9 Å². The van der Waals surface area contributed by atoms with Gasteiger partial charge in [-0.25, -0.2) is 0 Å². The van der Waals surface area contributed by atoms with E-state index >= 15 is 0 Å². The second-order valence-electron chi connectivity index (χ2n) is 18.1. The van der Waals surface area contributed by atoms with Gasteiger partial charge in [0.05, 0.1) is 6.61 Å². The molecule has 0 N–H and O–H groups in total. The molecule has 0 bridgehead atoms. The van der Waals surface area contributed by atoms with Crippen molar-refractivity contribution in [2.75, 3.05) is 19.8 Å². The topological polar surface area (TPSA) is 61.8 Å². The fourth-order valence-corrected chi connectivity index (χ4v) is 7.75. The first-order valence-electron chi connectivity index (χ1n) is 27.2. The summed E-state index contributed by atoms with van der Waals surface area (Å²) in [5.74, 6) is -0.405. The van der Waals surface area contributed by atoms with Crippen molar-refractivity contribution in [3.8, 4) is 0 Å². The third-order valence-corrected chi connectivity index (χ3v) is 11.8. The number of esters is 2. The molecule has 0 aliphatic heterocycles. The zero-order valence-electron chi connectivity index (χ0n) is 41.6. The molecule has 0 rings (SSSR count). The van der Waals surface area contributed by atoms with Crippen LogP contribution < -0.4 is 0 Å². The van der Waals surface area contributed by atoms with Crippen molar-refractivity contribution in [2.45, 2.75) is 284 Å². The Bertz CT molecular complexity index is 1030. The highest BCUT2D eigenvalue weighted by atomic mass is 16.6. The van der Waals surface area contributed by atoms with Crippen LogP contribution >= 0.6 is 0 Å². The highest BCUT2D eigenvalue weighted by molar-refractivity contribution is 5.70. The van der Waals surface area contributed by atoms with Gasteiger partial charge in [-0.15, -0.1) is 0 Å². The average Bonchev–Trinajstić information content (AvgIpc) is 3.27. The number of ether oxygens (including phenoxy) is 3. The van der Waals surface area contributed by atoms with Gasteiger partial charge in [-0.3, -0.25) is 9.59 Å². The first-order valence-corrected chi connectivity index (χ1v) is 27.2. The number of unbranched alkanes of at least 4 members (excludes halogenated alkanes) is 31. The van der Waals surface area contributed by atoms with Crippen LogP contribution in [0.3, 0.4) is 0 Å². The maximum Gasteiger partial charge on any atom is 0.306 e. The van der Waals surface area contributed by atoms with Gasteiger partial charge in [-0.1, -0.05) is 230 Å². The summed E-state index contributed by atoms with van der Waals surface area (Å²) in [5, 5.41) is 0. The molecule has 62 heavy (non-hydrogen) atoms. The van der Waals surface area contributed by atoms with Crippen LogP contribution in [0, 0.1) is 0 Å². The molecular weight excluding hydrogens is 765 g/mol. The molecule has 0 fully saturated rings. The van der Waals surface area contributed by atoms with Crippen LogP contribution in [-0.4, -0.2) is 37.9 Å². The maximum absolute atomic E-state index is 12.7. The number of hydrogen-bond acceptors (Lipinski definition) is 5. The van der Waals surface area contributed by atoms with Crippen molar-refractivity contribution in [1.82, 2.24) is 0 Å². The highest BCUT2D eigenvalue weighted by Crippen LogP contribution is 2.15. The fourth-order valence-electron chi connectivity index (χ4n) is 7.75. The van der Waals surface area contributed by atoms with Gasteiger partial charge in [0.1, 0.15) is 6.61 Å². The minimum absolute atomic E-state index is 0.0801. The van der Waals surface area contributed by atoms with E-state index < -0.39 is 6.10 Å². The Labute approximate surface area is 386 Å². The van der Waals surface area contributed by atoms with Gasteiger partial charge in [-0.2, -0.15) is 0 Å². The van der Waals surface area contributed by atoms with E-state index in [4.69, 9.17) is 14.2 Å². The Kier molecular flexibility index (Phi) is 51.4. The van der Waals surface area contributed by atoms with E-state index in [9.17, 15) is 9.59 Å². The van der Waals surface area contributed by atoms with Crippen LogP contribution in [0.1, 0.15) is 278 Å². The molecular formula is C57H104O5. The summed E-state index contributed by atoms with van der Waals surface area (Å²) in [5.41, 5.74) is 0. The Morgan fingerprint density at radius 1 is 0.355 bits per heavy atom. The molecule has 0 radical (unpaired) electrons. The van der Waals surface area contributed by atoms with Gasteiger partial charge in [-0.05, 0) is 83.5 Å². The minimum Gasteiger partial charge on any atom is -0.462 e.